The normalized spacial score (nSPS) is 17.4. The molecule has 0 saturated heterocycles. The van der Waals surface area contributed by atoms with Crippen LogP contribution in [0.2, 0.25) is 0 Å². The number of hydrogen-bond donors (Lipinski definition) is 2. The van der Waals surface area contributed by atoms with Gasteiger partial charge in [0.25, 0.3) is 0 Å². The summed E-state index contributed by atoms with van der Waals surface area (Å²) < 4.78 is 13.4. The van der Waals surface area contributed by atoms with Gasteiger partial charge in [-0.2, -0.15) is 0 Å². The molecule has 2 rings (SSSR count). The van der Waals surface area contributed by atoms with Crippen molar-refractivity contribution < 1.29 is 9.18 Å². The first-order valence-corrected chi connectivity index (χ1v) is 6.33. The standard InChI is InChI=1S/C12H14BrFN2O/c13-9-6-8(14)2-3-10(9)16-11(17)12(7-15)4-1-5-12/h2-3,6H,1,4-5,7,15H2,(H,16,17). The number of anilines is 1. The molecule has 1 saturated carbocycles. The van der Waals surface area contributed by atoms with Crippen molar-refractivity contribution in [3.05, 3.63) is 28.5 Å². The molecular formula is C12H14BrFN2O. The van der Waals surface area contributed by atoms with Crippen LogP contribution in [0.4, 0.5) is 10.1 Å². The quantitative estimate of drug-likeness (QED) is 0.902. The van der Waals surface area contributed by atoms with Crippen molar-refractivity contribution in [3.8, 4) is 0 Å². The lowest BCUT2D eigenvalue weighted by atomic mass is 9.68. The molecule has 0 heterocycles. The summed E-state index contributed by atoms with van der Waals surface area (Å²) in [4.78, 5) is 12.1. The van der Waals surface area contributed by atoms with Crippen molar-refractivity contribution in [1.82, 2.24) is 0 Å². The molecule has 1 aliphatic carbocycles. The number of halogens is 2. The second-order valence-electron chi connectivity index (χ2n) is 4.42. The minimum atomic E-state index is -0.423. The lowest BCUT2D eigenvalue weighted by molar-refractivity contribution is -0.129. The number of rotatable bonds is 3. The van der Waals surface area contributed by atoms with E-state index in [0.717, 1.165) is 19.3 Å². The van der Waals surface area contributed by atoms with Crippen LogP contribution in [0.1, 0.15) is 19.3 Å². The van der Waals surface area contributed by atoms with E-state index >= 15 is 0 Å². The van der Waals surface area contributed by atoms with Gasteiger partial charge in [-0.1, -0.05) is 6.42 Å². The molecule has 0 unspecified atom stereocenters. The zero-order valence-electron chi connectivity index (χ0n) is 9.30. The van der Waals surface area contributed by atoms with Crippen molar-refractivity contribution in [3.63, 3.8) is 0 Å². The number of nitrogens with one attached hydrogen (secondary N) is 1. The van der Waals surface area contributed by atoms with Crippen molar-refractivity contribution in [1.29, 1.82) is 0 Å². The van der Waals surface area contributed by atoms with E-state index in [1.807, 2.05) is 0 Å². The predicted octanol–water partition coefficient (Wildman–Crippen LogP) is 2.66. The minimum Gasteiger partial charge on any atom is -0.329 e. The van der Waals surface area contributed by atoms with E-state index in [1.165, 1.54) is 12.1 Å². The van der Waals surface area contributed by atoms with Gasteiger partial charge in [-0.05, 0) is 47.0 Å². The molecule has 5 heteroatoms. The van der Waals surface area contributed by atoms with Gasteiger partial charge < -0.3 is 11.1 Å². The molecule has 1 aromatic rings. The fourth-order valence-corrected chi connectivity index (χ4v) is 2.42. The van der Waals surface area contributed by atoms with E-state index in [4.69, 9.17) is 5.73 Å². The predicted molar refractivity (Wildman–Crippen MR) is 68.1 cm³/mol. The average molecular weight is 301 g/mol. The molecule has 1 amide bonds. The zero-order chi connectivity index (χ0) is 12.5. The van der Waals surface area contributed by atoms with E-state index < -0.39 is 5.41 Å². The molecule has 3 N–H and O–H groups in total. The Kier molecular flexibility index (Phi) is 3.49. The molecule has 1 fully saturated rings. The van der Waals surface area contributed by atoms with Gasteiger partial charge in [-0.25, -0.2) is 4.39 Å². The SMILES string of the molecule is NCC1(C(=O)Nc2ccc(F)cc2Br)CCC1. The maximum atomic E-state index is 12.9. The topological polar surface area (TPSA) is 55.1 Å². The number of carbonyl (C=O) groups is 1. The Balaban J connectivity index is 2.13. The Hall–Kier alpha value is -0.940. The third kappa shape index (κ3) is 2.35. The Morgan fingerprint density at radius 3 is 2.71 bits per heavy atom. The molecule has 0 radical (unpaired) electrons. The van der Waals surface area contributed by atoms with Gasteiger partial charge in [0.2, 0.25) is 5.91 Å². The van der Waals surface area contributed by atoms with Crippen molar-refractivity contribution >= 4 is 27.5 Å². The minimum absolute atomic E-state index is 0.0708. The van der Waals surface area contributed by atoms with Gasteiger partial charge >= 0.3 is 0 Å². The number of benzene rings is 1. The molecule has 0 aromatic heterocycles. The second kappa shape index (κ2) is 4.74. The highest BCUT2D eigenvalue weighted by Gasteiger charge is 2.42. The maximum Gasteiger partial charge on any atom is 0.231 e. The van der Waals surface area contributed by atoms with Crippen LogP contribution in [0, 0.1) is 11.2 Å². The Morgan fingerprint density at radius 1 is 1.53 bits per heavy atom. The van der Waals surface area contributed by atoms with Gasteiger partial charge in [0.05, 0.1) is 11.1 Å². The monoisotopic (exact) mass is 300 g/mol. The molecular weight excluding hydrogens is 287 g/mol. The Morgan fingerprint density at radius 2 is 2.24 bits per heavy atom. The summed E-state index contributed by atoms with van der Waals surface area (Å²) in [6, 6.07) is 4.18. The summed E-state index contributed by atoms with van der Waals surface area (Å²) in [5, 5.41) is 2.80. The second-order valence-corrected chi connectivity index (χ2v) is 5.27. The van der Waals surface area contributed by atoms with E-state index in [-0.39, 0.29) is 11.7 Å². The number of nitrogens with two attached hydrogens (primary N) is 1. The first-order valence-electron chi connectivity index (χ1n) is 5.54. The Labute approximate surface area is 108 Å². The van der Waals surface area contributed by atoms with Gasteiger partial charge in [-0.15, -0.1) is 0 Å². The average Bonchev–Trinajstić information content (AvgIpc) is 2.21. The molecule has 0 atom stereocenters. The molecule has 1 aromatic carbocycles. The summed E-state index contributed by atoms with van der Waals surface area (Å²) in [7, 11) is 0. The van der Waals surface area contributed by atoms with Crippen LogP contribution in [0.5, 0.6) is 0 Å². The summed E-state index contributed by atoms with van der Waals surface area (Å²) in [6.07, 6.45) is 2.69. The molecule has 0 aliphatic heterocycles. The van der Waals surface area contributed by atoms with E-state index in [1.54, 1.807) is 6.07 Å². The molecule has 92 valence electrons. The summed E-state index contributed by atoms with van der Waals surface area (Å²) >= 11 is 3.22. The van der Waals surface area contributed by atoms with Gasteiger partial charge in [0.15, 0.2) is 0 Å². The zero-order valence-corrected chi connectivity index (χ0v) is 10.9. The number of hydrogen-bond acceptors (Lipinski definition) is 2. The van der Waals surface area contributed by atoms with E-state index in [9.17, 15) is 9.18 Å². The fourth-order valence-electron chi connectivity index (χ4n) is 1.97. The molecule has 3 nitrogen and oxygen atoms in total. The highest BCUT2D eigenvalue weighted by atomic mass is 79.9. The van der Waals surface area contributed by atoms with Crippen LogP contribution >= 0.6 is 15.9 Å². The van der Waals surface area contributed by atoms with Crippen LogP contribution in [0.25, 0.3) is 0 Å². The lowest BCUT2D eigenvalue weighted by Crippen LogP contribution is -2.47. The van der Waals surface area contributed by atoms with Crippen LogP contribution in [-0.2, 0) is 4.79 Å². The summed E-state index contributed by atoms with van der Waals surface area (Å²) in [6.45, 7) is 0.359. The smallest absolute Gasteiger partial charge is 0.231 e. The molecule has 17 heavy (non-hydrogen) atoms. The summed E-state index contributed by atoms with van der Waals surface area (Å²) in [5.41, 5.74) is 5.81. The van der Waals surface area contributed by atoms with Crippen LogP contribution in [-0.4, -0.2) is 12.5 Å². The van der Waals surface area contributed by atoms with Crippen LogP contribution in [0.15, 0.2) is 22.7 Å². The van der Waals surface area contributed by atoms with Crippen molar-refractivity contribution in [2.24, 2.45) is 11.1 Å². The maximum absolute atomic E-state index is 12.9. The van der Waals surface area contributed by atoms with E-state index in [2.05, 4.69) is 21.2 Å². The van der Waals surface area contributed by atoms with Gasteiger partial charge in [0, 0.05) is 11.0 Å². The first-order chi connectivity index (χ1) is 8.07. The van der Waals surface area contributed by atoms with Crippen LogP contribution < -0.4 is 11.1 Å². The fraction of sp³-hybridized carbons (Fsp3) is 0.417. The number of amides is 1. The molecule has 1 aliphatic rings. The van der Waals surface area contributed by atoms with E-state index in [0.29, 0.717) is 16.7 Å². The first kappa shape index (κ1) is 12.5. The molecule has 0 bridgehead atoms. The Bertz CT molecular complexity index is 441. The summed E-state index contributed by atoms with van der Waals surface area (Å²) in [5.74, 6) is -0.411. The lowest BCUT2D eigenvalue weighted by Gasteiger charge is -2.39. The highest BCUT2D eigenvalue weighted by molar-refractivity contribution is 9.10. The van der Waals surface area contributed by atoms with Crippen molar-refractivity contribution in [2.75, 3.05) is 11.9 Å². The van der Waals surface area contributed by atoms with Gasteiger partial charge in [-0.3, -0.25) is 4.79 Å². The van der Waals surface area contributed by atoms with Gasteiger partial charge in [0.1, 0.15) is 5.82 Å². The van der Waals surface area contributed by atoms with Crippen molar-refractivity contribution in [2.45, 2.75) is 19.3 Å². The van der Waals surface area contributed by atoms with Crippen LogP contribution in [0.3, 0.4) is 0 Å². The third-order valence-corrected chi connectivity index (χ3v) is 4.02. The highest BCUT2D eigenvalue weighted by Crippen LogP contribution is 2.41. The largest absolute Gasteiger partial charge is 0.329 e. The third-order valence-electron chi connectivity index (χ3n) is 3.36. The molecule has 0 spiro atoms. The number of carbonyl (C=O) groups excluding carboxylic acids is 1.